The molecule has 0 saturated heterocycles. The fraction of sp³-hybridized carbons (Fsp3) is 0. The van der Waals surface area contributed by atoms with Gasteiger partial charge in [-0.1, -0.05) is 182 Å². The van der Waals surface area contributed by atoms with Gasteiger partial charge in [0.2, 0.25) is 0 Å². The number of hydrogen-bond acceptors (Lipinski definition) is 1. The lowest BCUT2D eigenvalue weighted by atomic mass is 9.94. The first-order valence-electron chi connectivity index (χ1n) is 18.2. The minimum Gasteiger partial charge on any atom is -0.310 e. The SMILES string of the molecule is c1ccc(-c2cc(-c3ccccc3)cc(N(c3cccc(-c4cccc(-c5cccc6ccccc56)c4)c3)c3ccccc3-c3ccccc3)c2)cc1. The largest absolute Gasteiger partial charge is 0.310 e. The minimum absolute atomic E-state index is 1.09. The number of hydrogen-bond donors (Lipinski definition) is 0. The predicted octanol–water partition coefficient (Wildman–Crippen LogP) is 14.6. The summed E-state index contributed by atoms with van der Waals surface area (Å²) in [5.41, 5.74) is 15.1. The maximum Gasteiger partial charge on any atom is 0.0540 e. The van der Waals surface area contributed by atoms with E-state index in [4.69, 9.17) is 0 Å². The summed E-state index contributed by atoms with van der Waals surface area (Å²) >= 11 is 0. The van der Waals surface area contributed by atoms with Gasteiger partial charge in [0.25, 0.3) is 0 Å². The van der Waals surface area contributed by atoms with E-state index in [0.717, 1.165) is 22.6 Å². The van der Waals surface area contributed by atoms with Crippen LogP contribution in [0.1, 0.15) is 0 Å². The number of nitrogens with zero attached hydrogens (tertiary/aromatic N) is 1. The van der Waals surface area contributed by atoms with Gasteiger partial charge in [0.05, 0.1) is 5.69 Å². The Hall–Kier alpha value is -6.96. The first-order chi connectivity index (χ1) is 26.3. The molecule has 0 bridgehead atoms. The molecule has 9 aromatic carbocycles. The lowest BCUT2D eigenvalue weighted by molar-refractivity contribution is 1.28. The molecule has 0 atom stereocenters. The highest BCUT2D eigenvalue weighted by Crippen LogP contribution is 2.44. The summed E-state index contributed by atoms with van der Waals surface area (Å²) in [7, 11) is 0. The quantitative estimate of drug-likeness (QED) is 0.155. The maximum absolute atomic E-state index is 2.43. The van der Waals surface area contributed by atoms with E-state index in [-0.39, 0.29) is 0 Å². The van der Waals surface area contributed by atoms with E-state index < -0.39 is 0 Å². The molecule has 0 saturated carbocycles. The average molecular weight is 676 g/mol. The Bertz CT molecular complexity index is 2600. The molecule has 1 nitrogen and oxygen atoms in total. The highest BCUT2D eigenvalue weighted by Gasteiger charge is 2.20. The van der Waals surface area contributed by atoms with Crippen LogP contribution in [0.4, 0.5) is 17.1 Å². The number of fused-ring (bicyclic) bond motifs is 1. The molecule has 53 heavy (non-hydrogen) atoms. The van der Waals surface area contributed by atoms with Gasteiger partial charge in [0, 0.05) is 16.9 Å². The third-order valence-corrected chi connectivity index (χ3v) is 10.0. The Labute approximate surface area is 311 Å². The summed E-state index contributed by atoms with van der Waals surface area (Å²) in [6.45, 7) is 0. The molecule has 0 fully saturated rings. The maximum atomic E-state index is 2.43. The first kappa shape index (κ1) is 32.0. The zero-order chi connectivity index (χ0) is 35.4. The van der Waals surface area contributed by atoms with E-state index in [1.807, 2.05) is 0 Å². The van der Waals surface area contributed by atoms with Crippen LogP contribution in [0.3, 0.4) is 0 Å². The molecule has 1 heteroatoms. The molecular formula is C52H37N. The highest BCUT2D eigenvalue weighted by molar-refractivity contribution is 5.97. The second-order valence-corrected chi connectivity index (χ2v) is 13.4. The van der Waals surface area contributed by atoms with E-state index in [1.54, 1.807) is 0 Å². The Morgan fingerprint density at radius 1 is 0.245 bits per heavy atom. The molecule has 0 N–H and O–H groups in total. The molecule has 0 heterocycles. The van der Waals surface area contributed by atoms with Gasteiger partial charge in [-0.2, -0.15) is 0 Å². The van der Waals surface area contributed by atoms with Gasteiger partial charge >= 0.3 is 0 Å². The molecule has 0 radical (unpaired) electrons. The third kappa shape index (κ3) is 6.53. The Kier molecular flexibility index (Phi) is 8.66. The van der Waals surface area contributed by atoms with Crippen LogP contribution in [0.2, 0.25) is 0 Å². The topological polar surface area (TPSA) is 3.24 Å². The molecule has 0 aromatic heterocycles. The van der Waals surface area contributed by atoms with E-state index in [9.17, 15) is 0 Å². The van der Waals surface area contributed by atoms with Crippen LogP contribution in [0, 0.1) is 0 Å². The normalized spacial score (nSPS) is 11.0. The predicted molar refractivity (Wildman–Crippen MR) is 226 cm³/mol. The second kappa shape index (κ2) is 14.3. The van der Waals surface area contributed by atoms with Crippen molar-refractivity contribution >= 4 is 27.8 Å². The van der Waals surface area contributed by atoms with Crippen molar-refractivity contribution in [2.24, 2.45) is 0 Å². The number of para-hydroxylation sites is 1. The van der Waals surface area contributed by atoms with Gasteiger partial charge in [0.1, 0.15) is 0 Å². The standard InChI is InChI=1S/C52H37N/c1-4-17-38(18-5-1)45-34-46(39-19-6-2-7-20-39)37-48(36-45)53(52-32-13-12-30-51(52)41-21-8-3-9-22-41)47-28-15-26-43(35-47)42-25-14-27-44(33-42)50-31-16-24-40-23-10-11-29-49(40)50/h1-37H. The summed E-state index contributed by atoms with van der Waals surface area (Å²) in [5, 5.41) is 2.51. The van der Waals surface area contributed by atoms with Crippen molar-refractivity contribution in [3.63, 3.8) is 0 Å². The Morgan fingerprint density at radius 3 is 1.42 bits per heavy atom. The molecule has 0 amide bonds. The van der Waals surface area contributed by atoms with E-state index in [1.165, 1.54) is 60.8 Å². The van der Waals surface area contributed by atoms with Crippen molar-refractivity contribution in [3.05, 3.63) is 224 Å². The Morgan fingerprint density at radius 2 is 0.698 bits per heavy atom. The molecule has 9 aromatic rings. The van der Waals surface area contributed by atoms with Crippen molar-refractivity contribution < 1.29 is 0 Å². The van der Waals surface area contributed by atoms with E-state index in [0.29, 0.717) is 0 Å². The fourth-order valence-corrected chi connectivity index (χ4v) is 7.46. The molecule has 0 aliphatic heterocycles. The molecule has 0 aliphatic rings. The zero-order valence-electron chi connectivity index (χ0n) is 29.3. The summed E-state index contributed by atoms with van der Waals surface area (Å²) < 4.78 is 0. The molecule has 0 unspecified atom stereocenters. The first-order valence-corrected chi connectivity index (χ1v) is 18.2. The Balaban J connectivity index is 1.24. The number of rotatable bonds is 8. The van der Waals surface area contributed by atoms with Crippen molar-refractivity contribution in [1.82, 2.24) is 0 Å². The molecule has 9 rings (SSSR count). The van der Waals surface area contributed by atoms with Crippen LogP contribution in [0.5, 0.6) is 0 Å². The van der Waals surface area contributed by atoms with E-state index in [2.05, 4.69) is 229 Å². The van der Waals surface area contributed by atoms with Gasteiger partial charge in [-0.3, -0.25) is 0 Å². The molecule has 0 spiro atoms. The van der Waals surface area contributed by atoms with Gasteiger partial charge in [-0.25, -0.2) is 0 Å². The van der Waals surface area contributed by atoms with Gasteiger partial charge in [-0.05, 0) is 103 Å². The molecule has 250 valence electrons. The summed E-state index contributed by atoms with van der Waals surface area (Å²) in [6, 6.07) is 80.9. The van der Waals surface area contributed by atoms with Crippen LogP contribution in [0.25, 0.3) is 66.4 Å². The van der Waals surface area contributed by atoms with Crippen molar-refractivity contribution in [2.75, 3.05) is 4.90 Å². The van der Waals surface area contributed by atoms with Crippen LogP contribution in [-0.2, 0) is 0 Å². The van der Waals surface area contributed by atoms with Gasteiger partial charge in [-0.15, -0.1) is 0 Å². The van der Waals surface area contributed by atoms with Crippen molar-refractivity contribution in [1.29, 1.82) is 0 Å². The van der Waals surface area contributed by atoms with Crippen molar-refractivity contribution in [2.45, 2.75) is 0 Å². The summed E-state index contributed by atoms with van der Waals surface area (Å²) in [6.07, 6.45) is 0. The van der Waals surface area contributed by atoms with E-state index >= 15 is 0 Å². The van der Waals surface area contributed by atoms with Crippen LogP contribution < -0.4 is 4.90 Å². The summed E-state index contributed by atoms with van der Waals surface area (Å²) in [4.78, 5) is 2.43. The van der Waals surface area contributed by atoms with Gasteiger partial charge < -0.3 is 4.90 Å². The monoisotopic (exact) mass is 675 g/mol. The molecular weight excluding hydrogens is 639 g/mol. The lowest BCUT2D eigenvalue weighted by Gasteiger charge is -2.29. The fourth-order valence-electron chi connectivity index (χ4n) is 7.46. The average Bonchev–Trinajstić information content (AvgIpc) is 3.25. The zero-order valence-corrected chi connectivity index (χ0v) is 29.3. The summed E-state index contributed by atoms with van der Waals surface area (Å²) in [5.74, 6) is 0. The van der Waals surface area contributed by atoms with Gasteiger partial charge in [0.15, 0.2) is 0 Å². The third-order valence-electron chi connectivity index (χ3n) is 10.0. The molecule has 0 aliphatic carbocycles. The highest BCUT2D eigenvalue weighted by atomic mass is 15.1. The second-order valence-electron chi connectivity index (χ2n) is 13.4. The van der Waals surface area contributed by atoms with Crippen molar-refractivity contribution in [3.8, 4) is 55.6 Å². The minimum atomic E-state index is 1.09. The van der Waals surface area contributed by atoms with Crippen LogP contribution in [-0.4, -0.2) is 0 Å². The lowest BCUT2D eigenvalue weighted by Crippen LogP contribution is -2.12. The number of benzene rings is 9. The van der Waals surface area contributed by atoms with Crippen LogP contribution in [0.15, 0.2) is 224 Å². The van der Waals surface area contributed by atoms with Crippen LogP contribution >= 0.6 is 0 Å². The number of anilines is 3. The smallest absolute Gasteiger partial charge is 0.0540 e.